The van der Waals surface area contributed by atoms with Gasteiger partial charge in [-0.25, -0.2) is 0 Å². The molecule has 0 aliphatic carbocycles. The maximum Gasteiger partial charge on any atom is 0.0640 e. The number of nitrogens with one attached hydrogen (secondary N) is 1. The van der Waals surface area contributed by atoms with Crippen LogP contribution in [0.5, 0.6) is 0 Å². The third-order valence-corrected chi connectivity index (χ3v) is 5.01. The summed E-state index contributed by atoms with van der Waals surface area (Å²) in [5, 5.41) is 5.58. The van der Waals surface area contributed by atoms with Crippen molar-refractivity contribution in [1.82, 2.24) is 5.32 Å². The van der Waals surface area contributed by atoms with Gasteiger partial charge in [0.05, 0.1) is 10.0 Å². The minimum absolute atomic E-state index is 0.321. The second kappa shape index (κ2) is 5.63. The molecule has 1 aromatic carbocycles. The molecule has 1 aliphatic rings. The van der Waals surface area contributed by atoms with Gasteiger partial charge in [-0.15, -0.1) is 0 Å². The summed E-state index contributed by atoms with van der Waals surface area (Å²) in [6.07, 6.45) is 1.21. The first-order chi connectivity index (χ1) is 7.68. The Hall–Kier alpha value is 0.110. The van der Waals surface area contributed by atoms with Crippen LogP contribution in [-0.2, 0) is 0 Å². The second-order valence-corrected chi connectivity index (χ2v) is 6.34. The van der Waals surface area contributed by atoms with Crippen molar-refractivity contribution in [1.29, 1.82) is 0 Å². The predicted octanol–water partition coefficient (Wildman–Crippen LogP) is 4.15. The molecule has 1 heterocycles. The van der Waals surface area contributed by atoms with Gasteiger partial charge in [-0.2, -0.15) is 11.8 Å². The van der Waals surface area contributed by atoms with Gasteiger partial charge in [-0.05, 0) is 24.6 Å². The van der Waals surface area contributed by atoms with Crippen molar-refractivity contribution in [2.45, 2.75) is 24.6 Å². The minimum Gasteiger partial charge on any atom is -0.309 e. The molecule has 0 spiro atoms. The van der Waals surface area contributed by atoms with E-state index >= 15 is 0 Å². The molecule has 1 aromatic rings. The zero-order valence-electron chi connectivity index (χ0n) is 9.17. The first kappa shape index (κ1) is 12.6. The molecule has 0 saturated carbocycles. The topological polar surface area (TPSA) is 12.0 Å². The summed E-state index contributed by atoms with van der Waals surface area (Å²) in [6.45, 7) is 3.32. The standard InChI is InChI=1S/C12H15Cl2NS/c1-8-5-6-15-11(7-16-8)9-3-2-4-10(13)12(9)14/h2-4,8,11,15H,5-7H2,1H3. The molecule has 0 bridgehead atoms. The van der Waals surface area contributed by atoms with E-state index in [0.717, 1.165) is 23.1 Å². The zero-order valence-corrected chi connectivity index (χ0v) is 11.5. The summed E-state index contributed by atoms with van der Waals surface area (Å²) < 4.78 is 0. The molecule has 1 N–H and O–H groups in total. The van der Waals surface area contributed by atoms with Gasteiger partial charge in [0, 0.05) is 17.0 Å². The Morgan fingerprint density at radius 1 is 1.38 bits per heavy atom. The first-order valence-electron chi connectivity index (χ1n) is 5.47. The molecule has 0 aromatic heterocycles. The molecule has 2 atom stereocenters. The van der Waals surface area contributed by atoms with Gasteiger partial charge in [-0.1, -0.05) is 42.3 Å². The highest BCUT2D eigenvalue weighted by Crippen LogP contribution is 2.33. The molecular formula is C12H15Cl2NS. The average molecular weight is 276 g/mol. The fourth-order valence-corrected chi connectivity index (χ4v) is 3.40. The minimum atomic E-state index is 0.321. The normalized spacial score (nSPS) is 26.4. The summed E-state index contributed by atoms with van der Waals surface area (Å²) in [5.74, 6) is 1.06. The van der Waals surface area contributed by atoms with Crippen LogP contribution in [0.25, 0.3) is 0 Å². The van der Waals surface area contributed by atoms with Crippen LogP contribution in [-0.4, -0.2) is 17.5 Å². The van der Waals surface area contributed by atoms with Crippen molar-refractivity contribution in [3.8, 4) is 0 Å². The summed E-state index contributed by atoms with van der Waals surface area (Å²) >= 11 is 14.3. The van der Waals surface area contributed by atoms with Gasteiger partial charge >= 0.3 is 0 Å². The van der Waals surface area contributed by atoms with Crippen LogP contribution in [0.3, 0.4) is 0 Å². The summed E-state index contributed by atoms with van der Waals surface area (Å²) in [4.78, 5) is 0. The molecule has 16 heavy (non-hydrogen) atoms. The molecule has 88 valence electrons. The van der Waals surface area contributed by atoms with E-state index < -0.39 is 0 Å². The smallest absolute Gasteiger partial charge is 0.0640 e. The monoisotopic (exact) mass is 275 g/mol. The van der Waals surface area contributed by atoms with E-state index in [-0.39, 0.29) is 0 Å². The van der Waals surface area contributed by atoms with Crippen LogP contribution in [0, 0.1) is 0 Å². The highest BCUT2D eigenvalue weighted by molar-refractivity contribution is 7.99. The van der Waals surface area contributed by atoms with Crippen molar-refractivity contribution in [2.75, 3.05) is 12.3 Å². The van der Waals surface area contributed by atoms with Crippen LogP contribution in [0.4, 0.5) is 0 Å². The van der Waals surface area contributed by atoms with Crippen molar-refractivity contribution < 1.29 is 0 Å². The lowest BCUT2D eigenvalue weighted by atomic mass is 10.1. The largest absolute Gasteiger partial charge is 0.309 e. The summed E-state index contributed by atoms with van der Waals surface area (Å²) in [5.41, 5.74) is 1.12. The van der Waals surface area contributed by atoms with Crippen LogP contribution < -0.4 is 5.32 Å². The van der Waals surface area contributed by atoms with E-state index in [2.05, 4.69) is 18.3 Å². The Kier molecular flexibility index (Phi) is 4.42. The number of thioether (sulfide) groups is 1. The lowest BCUT2D eigenvalue weighted by Crippen LogP contribution is -2.22. The molecule has 4 heteroatoms. The maximum atomic E-state index is 6.24. The first-order valence-corrected chi connectivity index (χ1v) is 7.28. The second-order valence-electron chi connectivity index (χ2n) is 4.08. The lowest BCUT2D eigenvalue weighted by Gasteiger charge is -2.17. The molecule has 0 radical (unpaired) electrons. The molecule has 2 unspecified atom stereocenters. The van der Waals surface area contributed by atoms with Gasteiger partial charge in [0.1, 0.15) is 0 Å². The Morgan fingerprint density at radius 3 is 3.00 bits per heavy atom. The van der Waals surface area contributed by atoms with Gasteiger partial charge in [0.2, 0.25) is 0 Å². The molecule has 2 rings (SSSR count). The van der Waals surface area contributed by atoms with E-state index in [1.807, 2.05) is 23.9 Å². The quantitative estimate of drug-likeness (QED) is 0.827. The molecule has 1 saturated heterocycles. The fourth-order valence-electron chi connectivity index (χ4n) is 1.85. The predicted molar refractivity (Wildman–Crippen MR) is 73.7 cm³/mol. The Balaban J connectivity index is 2.20. The maximum absolute atomic E-state index is 6.24. The summed E-state index contributed by atoms with van der Waals surface area (Å²) in [7, 11) is 0. The van der Waals surface area contributed by atoms with Crippen molar-refractivity contribution in [3.05, 3.63) is 33.8 Å². The molecule has 0 amide bonds. The van der Waals surface area contributed by atoms with E-state index in [1.165, 1.54) is 6.42 Å². The van der Waals surface area contributed by atoms with Crippen LogP contribution in [0.15, 0.2) is 18.2 Å². The van der Waals surface area contributed by atoms with Gasteiger partial charge in [0.25, 0.3) is 0 Å². The fraction of sp³-hybridized carbons (Fsp3) is 0.500. The van der Waals surface area contributed by atoms with Crippen LogP contribution >= 0.6 is 35.0 Å². The molecule has 1 aliphatic heterocycles. The number of halogens is 2. The van der Waals surface area contributed by atoms with Crippen LogP contribution in [0.1, 0.15) is 24.9 Å². The van der Waals surface area contributed by atoms with Gasteiger partial charge < -0.3 is 5.32 Å². The Morgan fingerprint density at radius 2 is 2.19 bits per heavy atom. The van der Waals surface area contributed by atoms with Gasteiger partial charge in [-0.3, -0.25) is 0 Å². The number of rotatable bonds is 1. The molecular weight excluding hydrogens is 261 g/mol. The number of hydrogen-bond acceptors (Lipinski definition) is 2. The Bertz CT molecular complexity index is 370. The number of benzene rings is 1. The lowest BCUT2D eigenvalue weighted by molar-refractivity contribution is 0.579. The molecule has 1 nitrogen and oxygen atoms in total. The molecule has 1 fully saturated rings. The van der Waals surface area contributed by atoms with Crippen molar-refractivity contribution in [3.63, 3.8) is 0 Å². The van der Waals surface area contributed by atoms with E-state index in [0.29, 0.717) is 16.1 Å². The van der Waals surface area contributed by atoms with E-state index in [1.54, 1.807) is 0 Å². The zero-order chi connectivity index (χ0) is 11.5. The average Bonchev–Trinajstić information content (AvgIpc) is 2.47. The van der Waals surface area contributed by atoms with E-state index in [9.17, 15) is 0 Å². The highest BCUT2D eigenvalue weighted by atomic mass is 35.5. The van der Waals surface area contributed by atoms with E-state index in [4.69, 9.17) is 23.2 Å². The van der Waals surface area contributed by atoms with Crippen molar-refractivity contribution in [2.24, 2.45) is 0 Å². The SMILES string of the molecule is CC1CCNC(c2cccc(Cl)c2Cl)CS1. The van der Waals surface area contributed by atoms with Gasteiger partial charge in [0.15, 0.2) is 0 Å². The summed E-state index contributed by atoms with van der Waals surface area (Å²) in [6, 6.07) is 6.17. The number of hydrogen-bond donors (Lipinski definition) is 1. The third-order valence-electron chi connectivity index (χ3n) is 2.85. The third kappa shape index (κ3) is 2.86. The van der Waals surface area contributed by atoms with Crippen molar-refractivity contribution >= 4 is 35.0 Å². The van der Waals surface area contributed by atoms with Crippen LogP contribution in [0.2, 0.25) is 10.0 Å². The Labute approximate surface area is 111 Å². The highest BCUT2D eigenvalue weighted by Gasteiger charge is 2.20.